The van der Waals surface area contributed by atoms with E-state index >= 15 is 0 Å². The largest absolute Gasteiger partial charge is 2.00 e. The topological polar surface area (TPSA) is 0 Å². The molecule has 0 heterocycles. The minimum Gasteiger partial charge on any atom is -0.345 e. The van der Waals surface area contributed by atoms with Crippen LogP contribution in [0.4, 0.5) is 0 Å². The van der Waals surface area contributed by atoms with Gasteiger partial charge in [0, 0.05) is 42.1 Å². The Morgan fingerprint density at radius 2 is 1.91 bits per heavy atom. The third-order valence-electron chi connectivity index (χ3n) is 1.90. The van der Waals surface area contributed by atoms with E-state index < -0.39 is 0 Å². The molecule has 0 aromatic rings. The van der Waals surface area contributed by atoms with Crippen molar-refractivity contribution in [2.45, 2.75) is 32.1 Å². The van der Waals surface area contributed by atoms with E-state index in [1.807, 2.05) is 0 Å². The summed E-state index contributed by atoms with van der Waals surface area (Å²) in [5.74, 6) is 0.851. The molecule has 0 amide bonds. The van der Waals surface area contributed by atoms with Crippen LogP contribution in [0.3, 0.4) is 0 Å². The van der Waals surface area contributed by atoms with Crippen molar-refractivity contribution in [3.05, 3.63) is 13.3 Å². The van der Waals surface area contributed by atoms with Gasteiger partial charge < -0.3 is 13.3 Å². The van der Waals surface area contributed by atoms with E-state index in [4.69, 9.17) is 0 Å². The molecular formula is C8H14W3. The number of rotatable bonds is 1. The van der Waals surface area contributed by atoms with Gasteiger partial charge in [0.05, 0.1) is 0 Å². The van der Waals surface area contributed by atoms with Crippen LogP contribution >= 0.6 is 0 Å². The van der Waals surface area contributed by atoms with Gasteiger partial charge in [0.25, 0.3) is 0 Å². The summed E-state index contributed by atoms with van der Waals surface area (Å²) in [7, 11) is 0. The van der Waals surface area contributed by atoms with Crippen LogP contribution in [0, 0.1) is 19.3 Å². The third kappa shape index (κ3) is 8.40. The molecular weight excluding hydrogens is 648 g/mol. The van der Waals surface area contributed by atoms with E-state index in [1.165, 1.54) is 25.7 Å². The molecule has 0 aliphatic heterocycles. The SMILES string of the molecule is [CH2-]CC1[CH-]CCCC1.[W+2].[W].[W]. The molecule has 11 heavy (non-hydrogen) atoms. The summed E-state index contributed by atoms with van der Waals surface area (Å²) >= 11 is 0. The van der Waals surface area contributed by atoms with Crippen molar-refractivity contribution in [2.24, 2.45) is 5.92 Å². The molecule has 1 atom stereocenters. The van der Waals surface area contributed by atoms with Crippen LogP contribution in [0.15, 0.2) is 0 Å². The second-order valence-corrected chi connectivity index (χ2v) is 2.57. The first-order valence-corrected chi connectivity index (χ1v) is 3.56. The molecule has 0 bridgehead atoms. The zero-order chi connectivity index (χ0) is 5.82. The fraction of sp³-hybridized carbons (Fsp3) is 0.750. The Morgan fingerprint density at radius 3 is 2.18 bits per heavy atom. The van der Waals surface area contributed by atoms with Gasteiger partial charge in [0.2, 0.25) is 0 Å². The summed E-state index contributed by atoms with van der Waals surface area (Å²) < 4.78 is 0. The van der Waals surface area contributed by atoms with Crippen molar-refractivity contribution >= 4 is 0 Å². The Labute approximate surface area is 113 Å². The smallest absolute Gasteiger partial charge is 0.345 e. The maximum absolute atomic E-state index is 3.88. The van der Waals surface area contributed by atoms with E-state index in [1.54, 1.807) is 0 Å². The molecule has 64 valence electrons. The van der Waals surface area contributed by atoms with Gasteiger partial charge in [-0.3, -0.25) is 0 Å². The zero-order valence-corrected chi connectivity index (χ0v) is 15.4. The molecule has 0 spiro atoms. The van der Waals surface area contributed by atoms with Crippen molar-refractivity contribution < 1.29 is 63.2 Å². The Balaban J connectivity index is -0.000000213. The fourth-order valence-corrected chi connectivity index (χ4v) is 1.28. The van der Waals surface area contributed by atoms with Crippen LogP contribution in [0.1, 0.15) is 32.1 Å². The molecule has 0 aromatic heterocycles. The molecule has 0 saturated heterocycles. The first kappa shape index (κ1) is 18.8. The number of hydrogen-bond acceptors (Lipinski definition) is 0. The Kier molecular flexibility index (Phi) is 20.6. The molecule has 1 saturated carbocycles. The van der Waals surface area contributed by atoms with Crippen molar-refractivity contribution in [1.29, 1.82) is 0 Å². The zero-order valence-electron chi connectivity index (χ0n) is 6.62. The minimum absolute atomic E-state index is 0. The third-order valence-corrected chi connectivity index (χ3v) is 1.90. The molecule has 0 aromatic carbocycles. The molecule has 1 unspecified atom stereocenters. The number of hydrogen-bond donors (Lipinski definition) is 0. The molecule has 1 rings (SSSR count). The fourth-order valence-electron chi connectivity index (χ4n) is 1.28. The maximum atomic E-state index is 3.88. The average molecular weight is 662 g/mol. The molecule has 0 nitrogen and oxygen atoms in total. The molecule has 0 radical (unpaired) electrons. The molecule has 1 fully saturated rings. The van der Waals surface area contributed by atoms with Crippen LogP contribution in [-0.4, -0.2) is 0 Å². The summed E-state index contributed by atoms with van der Waals surface area (Å²) in [4.78, 5) is 0. The van der Waals surface area contributed by atoms with Gasteiger partial charge in [-0.1, -0.05) is 19.3 Å². The Morgan fingerprint density at radius 1 is 1.27 bits per heavy atom. The quantitative estimate of drug-likeness (QED) is 0.380. The second kappa shape index (κ2) is 12.1. The van der Waals surface area contributed by atoms with Crippen LogP contribution in [0.25, 0.3) is 0 Å². The van der Waals surface area contributed by atoms with Crippen LogP contribution in [-0.2, 0) is 63.2 Å². The molecule has 1 aliphatic carbocycles. The first-order chi connectivity index (χ1) is 3.93. The predicted octanol–water partition coefficient (Wildman–Crippen LogP) is 2.60. The van der Waals surface area contributed by atoms with E-state index in [0.717, 1.165) is 12.3 Å². The average Bonchev–Trinajstić information content (AvgIpc) is 1.90. The summed E-state index contributed by atoms with van der Waals surface area (Å²) in [6, 6.07) is 0. The molecule has 3 heteroatoms. The van der Waals surface area contributed by atoms with Gasteiger partial charge >= 0.3 is 21.1 Å². The summed E-state index contributed by atoms with van der Waals surface area (Å²) in [6.45, 7) is 3.88. The Hall–Kier alpha value is 2.06. The van der Waals surface area contributed by atoms with Crippen LogP contribution < -0.4 is 0 Å². The minimum atomic E-state index is 0. The normalized spacial score (nSPS) is 22.1. The Bertz CT molecular complexity index is 60.4. The monoisotopic (exact) mass is 662 g/mol. The first-order valence-electron chi connectivity index (χ1n) is 3.56. The van der Waals surface area contributed by atoms with Crippen molar-refractivity contribution in [3.63, 3.8) is 0 Å². The van der Waals surface area contributed by atoms with E-state index in [9.17, 15) is 0 Å². The van der Waals surface area contributed by atoms with Gasteiger partial charge in [-0.05, 0) is 0 Å². The van der Waals surface area contributed by atoms with E-state index in [-0.39, 0.29) is 63.2 Å². The summed E-state index contributed by atoms with van der Waals surface area (Å²) in [6.07, 6.45) is 9.10. The van der Waals surface area contributed by atoms with Gasteiger partial charge in [-0.15, -0.1) is 0 Å². The standard InChI is InChI=1S/C8H14.3W/c1-2-8-6-4-3-5-7-8;;;/h6,8H,1-5,7H2;;;/q-2;;;+2. The van der Waals surface area contributed by atoms with Crippen molar-refractivity contribution in [3.8, 4) is 0 Å². The van der Waals surface area contributed by atoms with E-state index in [0.29, 0.717) is 0 Å². The van der Waals surface area contributed by atoms with Crippen molar-refractivity contribution in [2.75, 3.05) is 0 Å². The van der Waals surface area contributed by atoms with Gasteiger partial charge in [0.15, 0.2) is 0 Å². The maximum Gasteiger partial charge on any atom is 2.00 e. The predicted molar refractivity (Wildman–Crippen MR) is 36.2 cm³/mol. The van der Waals surface area contributed by atoms with Gasteiger partial charge in [0.1, 0.15) is 0 Å². The van der Waals surface area contributed by atoms with Crippen LogP contribution in [0.2, 0.25) is 0 Å². The van der Waals surface area contributed by atoms with Crippen LogP contribution in [0.5, 0.6) is 0 Å². The van der Waals surface area contributed by atoms with E-state index in [2.05, 4.69) is 13.3 Å². The molecule has 0 N–H and O–H groups in total. The van der Waals surface area contributed by atoms with Gasteiger partial charge in [-0.2, -0.15) is 12.3 Å². The summed E-state index contributed by atoms with van der Waals surface area (Å²) in [5, 5.41) is 0. The van der Waals surface area contributed by atoms with Gasteiger partial charge in [-0.25, -0.2) is 6.42 Å². The summed E-state index contributed by atoms with van der Waals surface area (Å²) in [5.41, 5.74) is 0. The van der Waals surface area contributed by atoms with Crippen molar-refractivity contribution in [1.82, 2.24) is 0 Å². The molecule has 1 aliphatic rings. The second-order valence-electron chi connectivity index (χ2n) is 2.57.